The van der Waals surface area contributed by atoms with E-state index in [1.165, 1.54) is 7.11 Å². The van der Waals surface area contributed by atoms with Gasteiger partial charge in [0, 0.05) is 13.7 Å². The molecule has 0 bridgehead atoms. The number of sulfonamides is 1. The summed E-state index contributed by atoms with van der Waals surface area (Å²) in [5.74, 6) is -0.192. The summed E-state index contributed by atoms with van der Waals surface area (Å²) in [5, 5.41) is 26.8. The highest BCUT2D eigenvalue weighted by Crippen LogP contribution is 2.05. The van der Waals surface area contributed by atoms with Gasteiger partial charge in [0.1, 0.15) is 5.54 Å². The van der Waals surface area contributed by atoms with Gasteiger partial charge in [0.25, 0.3) is 0 Å². The third-order valence-corrected chi connectivity index (χ3v) is 3.61. The first-order valence-corrected chi connectivity index (χ1v) is 6.43. The second-order valence-electron chi connectivity index (χ2n) is 3.52. The molecule has 8 heteroatoms. The van der Waals surface area contributed by atoms with Crippen LogP contribution in [0.1, 0.15) is 6.42 Å². The molecule has 0 aromatic heterocycles. The van der Waals surface area contributed by atoms with E-state index >= 15 is 0 Å². The van der Waals surface area contributed by atoms with Crippen LogP contribution < -0.4 is 4.72 Å². The predicted octanol–water partition coefficient (Wildman–Crippen LogP) is -2.34. The monoisotopic (exact) mass is 257 g/mol. The van der Waals surface area contributed by atoms with Gasteiger partial charge in [0.2, 0.25) is 10.0 Å². The van der Waals surface area contributed by atoms with Gasteiger partial charge in [-0.15, -0.1) is 0 Å². The Kier molecular flexibility index (Phi) is 7.04. The molecule has 0 aliphatic carbocycles. The molecule has 0 rings (SSSR count). The normalized spacial score (nSPS) is 13.0. The maximum atomic E-state index is 11.5. The molecule has 0 saturated carbocycles. The molecule has 0 unspecified atom stereocenters. The van der Waals surface area contributed by atoms with Gasteiger partial charge < -0.3 is 20.1 Å². The largest absolute Gasteiger partial charge is 0.394 e. The van der Waals surface area contributed by atoms with Gasteiger partial charge in [-0.1, -0.05) is 0 Å². The molecule has 0 aliphatic rings. The van der Waals surface area contributed by atoms with E-state index in [4.69, 9.17) is 20.1 Å². The second kappa shape index (κ2) is 7.15. The predicted molar refractivity (Wildman–Crippen MR) is 57.4 cm³/mol. The zero-order valence-corrected chi connectivity index (χ0v) is 10.0. The minimum atomic E-state index is -3.66. The molecule has 0 aromatic rings. The van der Waals surface area contributed by atoms with Crippen LogP contribution >= 0.6 is 0 Å². The Morgan fingerprint density at radius 1 is 1.19 bits per heavy atom. The lowest BCUT2D eigenvalue weighted by atomic mass is 10.1. The molecule has 0 aliphatic heterocycles. The lowest BCUT2D eigenvalue weighted by Crippen LogP contribution is -2.57. The molecule has 0 spiro atoms. The van der Waals surface area contributed by atoms with Crippen LogP contribution in [0.3, 0.4) is 0 Å². The summed E-state index contributed by atoms with van der Waals surface area (Å²) in [6.07, 6.45) is 0.296. The molecular weight excluding hydrogens is 238 g/mol. The van der Waals surface area contributed by atoms with Gasteiger partial charge in [-0.25, -0.2) is 13.1 Å². The fourth-order valence-electron chi connectivity index (χ4n) is 1.02. The lowest BCUT2D eigenvalue weighted by molar-refractivity contribution is 0.0581. The molecule has 16 heavy (non-hydrogen) atoms. The van der Waals surface area contributed by atoms with Gasteiger partial charge in [-0.3, -0.25) is 0 Å². The highest BCUT2D eigenvalue weighted by Gasteiger charge is 2.32. The fourth-order valence-corrected chi connectivity index (χ4v) is 2.47. The summed E-state index contributed by atoms with van der Waals surface area (Å²) in [6, 6.07) is 0. The SMILES string of the molecule is COCCCS(=O)(=O)NC(CO)(CO)CO. The number of rotatable bonds is 9. The highest BCUT2D eigenvalue weighted by molar-refractivity contribution is 7.89. The summed E-state index contributed by atoms with van der Waals surface area (Å²) in [6.45, 7) is -1.73. The summed E-state index contributed by atoms with van der Waals surface area (Å²) in [4.78, 5) is 0. The molecule has 7 nitrogen and oxygen atoms in total. The van der Waals surface area contributed by atoms with E-state index in [9.17, 15) is 8.42 Å². The first-order chi connectivity index (χ1) is 7.45. The van der Waals surface area contributed by atoms with Crippen LogP contribution in [0, 0.1) is 0 Å². The third kappa shape index (κ3) is 5.19. The zero-order chi connectivity index (χ0) is 12.7. The number of methoxy groups -OCH3 is 1. The van der Waals surface area contributed by atoms with Crippen molar-refractivity contribution < 1.29 is 28.5 Å². The maximum absolute atomic E-state index is 11.5. The Hall–Kier alpha value is -0.250. The molecule has 0 fully saturated rings. The molecule has 0 aromatic carbocycles. The molecule has 98 valence electrons. The van der Waals surface area contributed by atoms with E-state index in [2.05, 4.69) is 4.72 Å². The quantitative estimate of drug-likeness (QED) is 0.344. The molecule has 0 heterocycles. The Morgan fingerprint density at radius 2 is 1.69 bits per heavy atom. The minimum absolute atomic E-state index is 0.192. The van der Waals surface area contributed by atoms with Crippen LogP contribution in [0.4, 0.5) is 0 Å². The summed E-state index contributed by atoms with van der Waals surface area (Å²) < 4.78 is 29.8. The van der Waals surface area contributed by atoms with Crippen molar-refractivity contribution >= 4 is 10.0 Å². The van der Waals surface area contributed by atoms with E-state index in [1.54, 1.807) is 0 Å². The Labute approximate surface area is 95.1 Å². The van der Waals surface area contributed by atoms with Crippen LogP contribution in [0.2, 0.25) is 0 Å². The van der Waals surface area contributed by atoms with E-state index in [1.807, 2.05) is 0 Å². The Bertz CT molecular complexity index is 266. The zero-order valence-electron chi connectivity index (χ0n) is 9.22. The summed E-state index contributed by atoms with van der Waals surface area (Å²) >= 11 is 0. The number of hydrogen-bond acceptors (Lipinski definition) is 6. The molecular formula is C8H19NO6S. The standard InChI is InChI=1S/C8H19NO6S/c1-15-3-2-4-16(13,14)9-8(5-10,6-11)7-12/h9-12H,2-7H2,1H3. The summed E-state index contributed by atoms with van der Waals surface area (Å²) in [5.41, 5.74) is -1.61. The topological polar surface area (TPSA) is 116 Å². The van der Waals surface area contributed by atoms with Crippen molar-refractivity contribution in [3.8, 4) is 0 Å². The van der Waals surface area contributed by atoms with Gasteiger partial charge >= 0.3 is 0 Å². The van der Waals surface area contributed by atoms with Crippen LogP contribution in [0.15, 0.2) is 0 Å². The number of nitrogens with one attached hydrogen (secondary N) is 1. The molecule has 4 N–H and O–H groups in total. The molecule has 0 atom stereocenters. The lowest BCUT2D eigenvalue weighted by Gasteiger charge is -2.28. The van der Waals surface area contributed by atoms with E-state index in [0.717, 1.165) is 0 Å². The second-order valence-corrected chi connectivity index (χ2v) is 5.36. The van der Waals surface area contributed by atoms with Crippen LogP contribution in [0.5, 0.6) is 0 Å². The average molecular weight is 257 g/mol. The number of aliphatic hydroxyl groups excluding tert-OH is 3. The minimum Gasteiger partial charge on any atom is -0.394 e. The number of ether oxygens (including phenoxy) is 1. The first-order valence-electron chi connectivity index (χ1n) is 4.78. The average Bonchev–Trinajstić information content (AvgIpc) is 2.26. The van der Waals surface area contributed by atoms with Gasteiger partial charge in [-0.05, 0) is 6.42 Å². The number of aliphatic hydroxyl groups is 3. The first kappa shape index (κ1) is 15.8. The summed E-state index contributed by atoms with van der Waals surface area (Å²) in [7, 11) is -2.20. The molecule has 0 radical (unpaired) electrons. The van der Waals surface area contributed by atoms with Crippen molar-refractivity contribution in [2.45, 2.75) is 12.0 Å². The third-order valence-electron chi connectivity index (χ3n) is 2.04. The van der Waals surface area contributed by atoms with Crippen molar-refractivity contribution in [2.75, 3.05) is 39.3 Å². The van der Waals surface area contributed by atoms with Crippen molar-refractivity contribution in [2.24, 2.45) is 0 Å². The maximum Gasteiger partial charge on any atom is 0.212 e. The Balaban J connectivity index is 4.42. The van der Waals surface area contributed by atoms with Crippen molar-refractivity contribution in [3.63, 3.8) is 0 Å². The molecule has 0 saturated heterocycles. The van der Waals surface area contributed by atoms with Crippen LogP contribution in [-0.2, 0) is 14.8 Å². The smallest absolute Gasteiger partial charge is 0.212 e. The van der Waals surface area contributed by atoms with Gasteiger partial charge in [0.15, 0.2) is 0 Å². The fraction of sp³-hybridized carbons (Fsp3) is 1.00. The van der Waals surface area contributed by atoms with Crippen molar-refractivity contribution in [3.05, 3.63) is 0 Å². The van der Waals surface area contributed by atoms with E-state index < -0.39 is 35.4 Å². The highest BCUT2D eigenvalue weighted by atomic mass is 32.2. The van der Waals surface area contributed by atoms with Crippen LogP contribution in [-0.4, -0.2) is 68.6 Å². The Morgan fingerprint density at radius 3 is 2.06 bits per heavy atom. The van der Waals surface area contributed by atoms with Crippen LogP contribution in [0.25, 0.3) is 0 Å². The number of hydrogen-bond donors (Lipinski definition) is 4. The van der Waals surface area contributed by atoms with E-state index in [-0.39, 0.29) is 5.75 Å². The van der Waals surface area contributed by atoms with Gasteiger partial charge in [-0.2, -0.15) is 0 Å². The van der Waals surface area contributed by atoms with Crippen molar-refractivity contribution in [1.29, 1.82) is 0 Å². The van der Waals surface area contributed by atoms with E-state index in [0.29, 0.717) is 13.0 Å². The molecule has 0 amide bonds. The van der Waals surface area contributed by atoms with Gasteiger partial charge in [0.05, 0.1) is 25.6 Å². The van der Waals surface area contributed by atoms with Crippen molar-refractivity contribution in [1.82, 2.24) is 4.72 Å².